The highest BCUT2D eigenvalue weighted by atomic mass is 35.5. The lowest BCUT2D eigenvalue weighted by Gasteiger charge is -2.32. The average molecular weight is 444 g/mol. The smallest absolute Gasteiger partial charge is 0.308 e. The molecule has 0 aliphatic carbocycles. The highest BCUT2D eigenvalue weighted by Crippen LogP contribution is 2.28. The van der Waals surface area contributed by atoms with E-state index in [1.807, 2.05) is 26.1 Å². The second-order valence-electron chi connectivity index (χ2n) is 7.63. The molecule has 0 spiro atoms. The van der Waals surface area contributed by atoms with Crippen molar-refractivity contribution in [2.75, 3.05) is 33.2 Å². The molecule has 0 bridgehead atoms. The van der Waals surface area contributed by atoms with E-state index in [1.165, 1.54) is 4.57 Å². The number of halogens is 1. The molecule has 4 rings (SSSR count). The van der Waals surface area contributed by atoms with Crippen LogP contribution >= 0.6 is 22.9 Å². The summed E-state index contributed by atoms with van der Waals surface area (Å²) in [6.45, 7) is 4.88. The average Bonchev–Trinajstić information content (AvgIpc) is 3.02. The van der Waals surface area contributed by atoms with E-state index in [-0.39, 0.29) is 28.1 Å². The Morgan fingerprint density at radius 2 is 1.73 bits per heavy atom. The number of thiazole rings is 1. The summed E-state index contributed by atoms with van der Waals surface area (Å²) in [5.74, 6) is -0.274. The van der Waals surface area contributed by atoms with Crippen molar-refractivity contribution in [3.05, 3.63) is 67.8 Å². The summed E-state index contributed by atoms with van der Waals surface area (Å²) in [6.07, 6.45) is 0. The first-order valence-corrected chi connectivity index (χ1v) is 10.9. The van der Waals surface area contributed by atoms with Crippen LogP contribution in [0.15, 0.2) is 41.2 Å². The predicted octanol–water partition coefficient (Wildman–Crippen LogP) is 3.03. The Hall–Kier alpha value is -2.48. The molecule has 1 aliphatic heterocycles. The largest absolute Gasteiger partial charge is 0.339 e. The number of aryl methyl sites for hydroxylation is 1. The molecule has 0 radical (unpaired) electrons. The van der Waals surface area contributed by atoms with Crippen LogP contribution in [-0.4, -0.2) is 59.3 Å². The van der Waals surface area contributed by atoms with Crippen LogP contribution in [0.4, 0.5) is 0 Å². The molecule has 2 heterocycles. The maximum atomic E-state index is 12.9. The van der Waals surface area contributed by atoms with Crippen molar-refractivity contribution in [3.63, 3.8) is 0 Å². The zero-order chi connectivity index (χ0) is 21.4. The third-order valence-electron chi connectivity index (χ3n) is 5.46. The Kier molecular flexibility index (Phi) is 5.77. The Morgan fingerprint density at radius 3 is 2.40 bits per heavy atom. The van der Waals surface area contributed by atoms with Gasteiger partial charge in [0.2, 0.25) is 5.91 Å². The normalized spacial score (nSPS) is 15.0. The molecule has 0 saturated carbocycles. The number of fused-ring (bicyclic) bond motifs is 1. The zero-order valence-electron chi connectivity index (χ0n) is 16.9. The first-order chi connectivity index (χ1) is 14.3. The molecular weight excluding hydrogens is 422 g/mol. The monoisotopic (exact) mass is 443 g/mol. The van der Waals surface area contributed by atoms with Crippen molar-refractivity contribution in [2.45, 2.75) is 13.5 Å². The number of hydrogen-bond acceptors (Lipinski definition) is 5. The maximum absolute atomic E-state index is 12.9. The Morgan fingerprint density at radius 1 is 1.07 bits per heavy atom. The molecule has 156 valence electrons. The Bertz CT molecular complexity index is 1170. The minimum atomic E-state index is -0.233. The van der Waals surface area contributed by atoms with Crippen LogP contribution in [0.25, 0.3) is 10.2 Å². The number of hydrogen-bond donors (Lipinski definition) is 0. The van der Waals surface area contributed by atoms with E-state index in [1.54, 1.807) is 29.2 Å². The van der Waals surface area contributed by atoms with Crippen molar-refractivity contribution in [2.24, 2.45) is 0 Å². The Labute approximate surface area is 183 Å². The van der Waals surface area contributed by atoms with E-state index in [2.05, 4.69) is 4.90 Å². The van der Waals surface area contributed by atoms with E-state index < -0.39 is 0 Å². The lowest BCUT2D eigenvalue weighted by molar-refractivity contribution is -0.133. The molecule has 1 aliphatic rings. The number of nitrogens with zero attached hydrogens (tertiary/aromatic N) is 3. The van der Waals surface area contributed by atoms with E-state index >= 15 is 0 Å². The van der Waals surface area contributed by atoms with Gasteiger partial charge in [-0.3, -0.25) is 19.0 Å². The number of rotatable bonds is 4. The first kappa shape index (κ1) is 20.8. The predicted molar refractivity (Wildman–Crippen MR) is 120 cm³/mol. The third kappa shape index (κ3) is 4.05. The van der Waals surface area contributed by atoms with Crippen LogP contribution in [0, 0.1) is 6.92 Å². The number of piperazine rings is 1. The second kappa shape index (κ2) is 8.34. The fourth-order valence-electron chi connectivity index (χ4n) is 3.56. The van der Waals surface area contributed by atoms with Crippen LogP contribution in [0.3, 0.4) is 0 Å². The summed E-state index contributed by atoms with van der Waals surface area (Å²) in [5.41, 5.74) is 2.54. The molecule has 1 saturated heterocycles. The maximum Gasteiger partial charge on any atom is 0.308 e. The summed E-state index contributed by atoms with van der Waals surface area (Å²) in [6, 6.07) is 10.5. The van der Waals surface area contributed by atoms with Gasteiger partial charge in [-0.25, -0.2) is 0 Å². The van der Waals surface area contributed by atoms with Crippen molar-refractivity contribution < 1.29 is 9.59 Å². The van der Waals surface area contributed by atoms with Gasteiger partial charge in [-0.2, -0.15) is 0 Å². The first-order valence-electron chi connectivity index (χ1n) is 9.74. The quantitative estimate of drug-likeness (QED) is 0.581. The number of carbonyl (C=O) groups is 2. The molecule has 2 aromatic carbocycles. The van der Waals surface area contributed by atoms with Gasteiger partial charge in [-0.15, -0.1) is 0 Å². The molecule has 0 atom stereocenters. The number of ketones is 1. The van der Waals surface area contributed by atoms with Crippen LogP contribution in [0.2, 0.25) is 5.02 Å². The lowest BCUT2D eigenvalue weighted by Crippen LogP contribution is -2.48. The molecule has 0 unspecified atom stereocenters. The van der Waals surface area contributed by atoms with E-state index in [0.29, 0.717) is 34.4 Å². The molecule has 1 aromatic heterocycles. The fourth-order valence-corrected chi connectivity index (χ4v) is 4.71. The molecule has 30 heavy (non-hydrogen) atoms. The lowest BCUT2D eigenvalue weighted by atomic mass is 10.0. The number of likely N-dealkylation sites (N-methyl/N-ethyl adjacent to an activating group) is 1. The molecule has 1 fully saturated rings. The van der Waals surface area contributed by atoms with Crippen molar-refractivity contribution in [1.29, 1.82) is 0 Å². The van der Waals surface area contributed by atoms with Crippen LogP contribution in [0.1, 0.15) is 21.5 Å². The zero-order valence-corrected chi connectivity index (χ0v) is 18.4. The molecule has 6 nitrogen and oxygen atoms in total. The van der Waals surface area contributed by atoms with E-state index in [4.69, 9.17) is 11.6 Å². The summed E-state index contributed by atoms with van der Waals surface area (Å²) in [7, 11) is 2.02. The standard InChI is InChI=1S/C22H22ClN3O3S/c1-14-3-5-15(6-4-14)21(28)16-11-19-18(12-17(16)23)26(22(29)30-19)13-20(27)25-9-7-24(2)8-10-25/h3-6,11-12H,7-10,13H2,1-2H3. The highest BCUT2D eigenvalue weighted by Gasteiger charge is 2.22. The van der Waals surface area contributed by atoms with Crippen LogP contribution < -0.4 is 4.87 Å². The van der Waals surface area contributed by atoms with Crippen molar-refractivity contribution in [3.8, 4) is 0 Å². The van der Waals surface area contributed by atoms with Crippen LogP contribution in [-0.2, 0) is 11.3 Å². The topological polar surface area (TPSA) is 62.6 Å². The summed E-state index contributed by atoms with van der Waals surface area (Å²) in [5, 5.41) is 0.270. The second-order valence-corrected chi connectivity index (χ2v) is 9.03. The minimum absolute atomic E-state index is 0.0237. The molecule has 1 amide bonds. The van der Waals surface area contributed by atoms with Gasteiger partial charge in [-0.05, 0) is 26.1 Å². The van der Waals surface area contributed by atoms with Gasteiger partial charge < -0.3 is 9.80 Å². The minimum Gasteiger partial charge on any atom is -0.339 e. The van der Waals surface area contributed by atoms with Gasteiger partial charge >= 0.3 is 4.87 Å². The van der Waals surface area contributed by atoms with E-state index in [9.17, 15) is 14.4 Å². The highest BCUT2D eigenvalue weighted by molar-refractivity contribution is 7.16. The summed E-state index contributed by atoms with van der Waals surface area (Å²) < 4.78 is 2.10. The molecule has 3 aromatic rings. The number of carbonyl (C=O) groups excluding carboxylic acids is 2. The van der Waals surface area contributed by atoms with Crippen molar-refractivity contribution in [1.82, 2.24) is 14.4 Å². The number of aromatic nitrogens is 1. The molecular formula is C22H22ClN3O3S. The number of amides is 1. The summed E-state index contributed by atoms with van der Waals surface area (Å²) >= 11 is 7.45. The molecule has 0 N–H and O–H groups in total. The van der Waals surface area contributed by atoms with Gasteiger partial charge in [0.15, 0.2) is 5.78 Å². The SMILES string of the molecule is Cc1ccc(C(=O)c2cc3sc(=O)n(CC(=O)N4CCN(C)CC4)c3cc2Cl)cc1. The Balaban J connectivity index is 1.64. The summed E-state index contributed by atoms with van der Waals surface area (Å²) in [4.78, 5) is 41.9. The third-order valence-corrected chi connectivity index (χ3v) is 6.72. The van der Waals surface area contributed by atoms with Gasteiger partial charge in [0.05, 0.1) is 15.2 Å². The van der Waals surface area contributed by atoms with Gasteiger partial charge in [0.25, 0.3) is 0 Å². The fraction of sp³-hybridized carbons (Fsp3) is 0.318. The van der Waals surface area contributed by atoms with E-state index in [0.717, 1.165) is 30.0 Å². The number of benzene rings is 2. The van der Waals surface area contributed by atoms with Gasteiger partial charge in [-0.1, -0.05) is 52.8 Å². The van der Waals surface area contributed by atoms with Crippen molar-refractivity contribution >= 4 is 44.8 Å². The van der Waals surface area contributed by atoms with Gasteiger partial charge in [0.1, 0.15) is 6.54 Å². The van der Waals surface area contributed by atoms with Gasteiger partial charge in [0, 0.05) is 37.3 Å². The molecule has 8 heteroatoms. The van der Waals surface area contributed by atoms with Crippen LogP contribution in [0.5, 0.6) is 0 Å².